The molecule has 0 aromatic heterocycles. The average Bonchev–Trinajstić information content (AvgIpc) is 2.43. The fourth-order valence-electron chi connectivity index (χ4n) is 1.97. The number of carbonyl (C=O) groups is 1. The number of sulfonamides is 1. The minimum Gasteiger partial charge on any atom is -0.478 e. The van der Waals surface area contributed by atoms with E-state index in [9.17, 15) is 13.2 Å². The maximum atomic E-state index is 12.2. The van der Waals surface area contributed by atoms with Crippen LogP contribution in [0.2, 0.25) is 0 Å². The number of aromatic carboxylic acids is 1. The van der Waals surface area contributed by atoms with Crippen LogP contribution < -0.4 is 4.72 Å². The van der Waals surface area contributed by atoms with Crippen molar-refractivity contribution >= 4 is 16.0 Å². The van der Waals surface area contributed by atoms with Gasteiger partial charge in [-0.15, -0.1) is 0 Å². The van der Waals surface area contributed by atoms with Crippen LogP contribution in [0, 0.1) is 0 Å². The Bertz CT molecular complexity index is 577. The number of nitrogens with one attached hydrogen (secondary N) is 1. The highest BCUT2D eigenvalue weighted by Gasteiger charge is 2.20. The second kappa shape index (κ2) is 6.85. The number of rotatable bonds is 7. The van der Waals surface area contributed by atoms with Crippen molar-refractivity contribution in [2.75, 3.05) is 0 Å². The molecule has 2 N–H and O–H groups in total. The minimum atomic E-state index is -3.68. The molecule has 6 heteroatoms. The predicted octanol–water partition coefficient (Wildman–Crippen LogP) is 2.41. The van der Waals surface area contributed by atoms with Crippen LogP contribution in [0.4, 0.5) is 0 Å². The number of benzene rings is 1. The molecule has 0 spiro atoms. The summed E-state index contributed by atoms with van der Waals surface area (Å²) in [6.07, 6.45) is 1.92. The Balaban J connectivity index is 3.19. The monoisotopic (exact) mass is 299 g/mol. The molecule has 0 unspecified atom stereocenters. The normalized spacial score (nSPS) is 11.8. The standard InChI is InChI=1S/C14H21NO4S/c1-4-10-7-8-12(9-13(10)14(16)17)20(18,19)15-11(5-2)6-3/h7-9,11,15H,4-6H2,1-3H3,(H,16,17). The van der Waals surface area contributed by atoms with Gasteiger partial charge in [0.2, 0.25) is 10.0 Å². The molecule has 112 valence electrons. The summed E-state index contributed by atoms with van der Waals surface area (Å²) < 4.78 is 27.1. The van der Waals surface area contributed by atoms with Gasteiger partial charge in [-0.05, 0) is 37.0 Å². The van der Waals surface area contributed by atoms with Crippen LogP contribution in [0.5, 0.6) is 0 Å². The lowest BCUT2D eigenvalue weighted by atomic mass is 10.1. The van der Waals surface area contributed by atoms with Crippen LogP contribution >= 0.6 is 0 Å². The van der Waals surface area contributed by atoms with E-state index in [0.717, 1.165) is 0 Å². The van der Waals surface area contributed by atoms with Gasteiger partial charge in [-0.25, -0.2) is 17.9 Å². The number of hydrogen-bond donors (Lipinski definition) is 2. The Morgan fingerprint density at radius 3 is 2.30 bits per heavy atom. The number of hydrogen-bond acceptors (Lipinski definition) is 3. The molecule has 5 nitrogen and oxygen atoms in total. The zero-order valence-corrected chi connectivity index (χ0v) is 12.8. The zero-order chi connectivity index (χ0) is 15.3. The molecule has 0 heterocycles. The molecule has 20 heavy (non-hydrogen) atoms. The summed E-state index contributed by atoms with van der Waals surface area (Å²) in [5.41, 5.74) is 0.666. The Morgan fingerprint density at radius 2 is 1.85 bits per heavy atom. The smallest absolute Gasteiger partial charge is 0.336 e. The van der Waals surface area contributed by atoms with Gasteiger partial charge in [0.1, 0.15) is 0 Å². The van der Waals surface area contributed by atoms with Crippen molar-refractivity contribution in [1.82, 2.24) is 4.72 Å². The first-order valence-electron chi connectivity index (χ1n) is 6.74. The van der Waals surface area contributed by atoms with Crippen molar-refractivity contribution in [3.63, 3.8) is 0 Å². The second-order valence-corrected chi connectivity index (χ2v) is 6.33. The highest BCUT2D eigenvalue weighted by molar-refractivity contribution is 7.89. The zero-order valence-electron chi connectivity index (χ0n) is 12.0. The fourth-order valence-corrected chi connectivity index (χ4v) is 3.40. The number of carboxylic acid groups (broad SMARTS) is 1. The van der Waals surface area contributed by atoms with Crippen LogP contribution in [0.3, 0.4) is 0 Å². The largest absolute Gasteiger partial charge is 0.478 e. The quantitative estimate of drug-likeness (QED) is 0.810. The molecule has 0 aliphatic heterocycles. The number of aryl methyl sites for hydroxylation is 1. The van der Waals surface area contributed by atoms with Crippen LogP contribution in [0.25, 0.3) is 0 Å². The van der Waals surface area contributed by atoms with Crippen molar-refractivity contribution < 1.29 is 18.3 Å². The first kappa shape index (κ1) is 16.7. The maximum absolute atomic E-state index is 12.2. The van der Waals surface area contributed by atoms with E-state index >= 15 is 0 Å². The van der Waals surface area contributed by atoms with Gasteiger partial charge in [0.25, 0.3) is 0 Å². The van der Waals surface area contributed by atoms with Gasteiger partial charge in [-0.2, -0.15) is 0 Å². The maximum Gasteiger partial charge on any atom is 0.336 e. The molecule has 1 rings (SSSR count). The van der Waals surface area contributed by atoms with Crippen LogP contribution in [-0.2, 0) is 16.4 Å². The molecular formula is C14H21NO4S. The molecule has 0 bridgehead atoms. The van der Waals surface area contributed by atoms with Crippen molar-refractivity contribution in [3.8, 4) is 0 Å². The van der Waals surface area contributed by atoms with Crippen LogP contribution in [-0.4, -0.2) is 25.5 Å². The third kappa shape index (κ3) is 3.80. The first-order valence-corrected chi connectivity index (χ1v) is 8.22. The molecular weight excluding hydrogens is 278 g/mol. The molecule has 1 aromatic carbocycles. The minimum absolute atomic E-state index is 0.000926. The second-order valence-electron chi connectivity index (χ2n) is 4.61. The lowest BCUT2D eigenvalue weighted by molar-refractivity contribution is 0.0695. The Kier molecular flexibility index (Phi) is 5.71. The SMILES string of the molecule is CCc1ccc(S(=O)(=O)NC(CC)CC)cc1C(=O)O. The molecule has 0 atom stereocenters. The Morgan fingerprint density at radius 1 is 1.25 bits per heavy atom. The van der Waals surface area contributed by atoms with Gasteiger partial charge in [0.05, 0.1) is 10.5 Å². The van der Waals surface area contributed by atoms with E-state index in [1.54, 1.807) is 6.07 Å². The van der Waals surface area contributed by atoms with Crippen LogP contribution in [0.15, 0.2) is 23.1 Å². The van der Waals surface area contributed by atoms with Crippen molar-refractivity contribution in [2.24, 2.45) is 0 Å². The Hall–Kier alpha value is -1.40. The van der Waals surface area contributed by atoms with Crippen molar-refractivity contribution in [1.29, 1.82) is 0 Å². The summed E-state index contributed by atoms with van der Waals surface area (Å²) in [5, 5.41) is 9.15. The number of carboxylic acids is 1. The third-order valence-electron chi connectivity index (χ3n) is 3.31. The van der Waals surface area contributed by atoms with E-state index < -0.39 is 16.0 Å². The van der Waals surface area contributed by atoms with E-state index in [1.165, 1.54) is 12.1 Å². The lowest BCUT2D eigenvalue weighted by Crippen LogP contribution is -2.34. The summed E-state index contributed by atoms with van der Waals surface area (Å²) in [5.74, 6) is -1.11. The molecule has 0 aliphatic rings. The first-order chi connectivity index (χ1) is 9.35. The van der Waals surface area contributed by atoms with Gasteiger partial charge >= 0.3 is 5.97 Å². The predicted molar refractivity (Wildman–Crippen MR) is 77.5 cm³/mol. The van der Waals surface area contributed by atoms with Gasteiger partial charge in [-0.1, -0.05) is 26.8 Å². The summed E-state index contributed by atoms with van der Waals surface area (Å²) in [4.78, 5) is 11.2. The molecule has 0 fully saturated rings. The average molecular weight is 299 g/mol. The Labute approximate surface area is 120 Å². The molecule has 0 saturated carbocycles. The van der Waals surface area contributed by atoms with E-state index in [4.69, 9.17) is 5.11 Å². The summed E-state index contributed by atoms with van der Waals surface area (Å²) >= 11 is 0. The van der Waals surface area contributed by atoms with E-state index in [1.807, 2.05) is 20.8 Å². The fraction of sp³-hybridized carbons (Fsp3) is 0.500. The van der Waals surface area contributed by atoms with E-state index in [2.05, 4.69) is 4.72 Å². The van der Waals surface area contributed by atoms with Gasteiger partial charge in [0, 0.05) is 6.04 Å². The topological polar surface area (TPSA) is 83.5 Å². The molecule has 0 amide bonds. The molecule has 0 aliphatic carbocycles. The summed E-state index contributed by atoms with van der Waals surface area (Å²) in [6, 6.07) is 4.10. The van der Waals surface area contributed by atoms with Crippen molar-refractivity contribution in [2.45, 2.75) is 51.0 Å². The summed E-state index contributed by atoms with van der Waals surface area (Å²) in [7, 11) is -3.68. The van der Waals surface area contributed by atoms with Gasteiger partial charge in [0.15, 0.2) is 0 Å². The van der Waals surface area contributed by atoms with E-state index in [-0.39, 0.29) is 16.5 Å². The molecule has 0 saturated heterocycles. The van der Waals surface area contributed by atoms with Crippen molar-refractivity contribution in [3.05, 3.63) is 29.3 Å². The third-order valence-corrected chi connectivity index (χ3v) is 4.83. The van der Waals surface area contributed by atoms with Gasteiger partial charge in [-0.3, -0.25) is 0 Å². The highest BCUT2D eigenvalue weighted by atomic mass is 32.2. The summed E-state index contributed by atoms with van der Waals surface area (Å²) in [6.45, 7) is 5.64. The highest BCUT2D eigenvalue weighted by Crippen LogP contribution is 2.18. The van der Waals surface area contributed by atoms with Gasteiger partial charge < -0.3 is 5.11 Å². The lowest BCUT2D eigenvalue weighted by Gasteiger charge is -2.15. The van der Waals surface area contributed by atoms with E-state index in [0.29, 0.717) is 24.8 Å². The molecule has 1 aromatic rings. The molecule has 0 radical (unpaired) electrons. The van der Waals surface area contributed by atoms with Crippen LogP contribution in [0.1, 0.15) is 49.5 Å².